The van der Waals surface area contributed by atoms with Gasteiger partial charge in [-0.15, -0.1) is 0 Å². The molecule has 0 aliphatic heterocycles. The lowest BCUT2D eigenvalue weighted by molar-refractivity contribution is 0.0121. The number of thiazole rings is 1. The van der Waals surface area contributed by atoms with Crippen molar-refractivity contribution in [3.63, 3.8) is 0 Å². The maximum Gasteiger partial charge on any atom is 0.414 e. The summed E-state index contributed by atoms with van der Waals surface area (Å²) in [4.78, 5) is 44.8. The number of aromatic hydroxyl groups is 1. The maximum absolute atomic E-state index is 13.7. The predicted octanol–water partition coefficient (Wildman–Crippen LogP) is 6.35. The second-order valence-corrected chi connectivity index (χ2v) is 12.5. The Bertz CT molecular complexity index is 1870. The minimum Gasteiger partial charge on any atom is -0.494 e. The van der Waals surface area contributed by atoms with Gasteiger partial charge in [-0.3, -0.25) is 19.5 Å². The van der Waals surface area contributed by atoms with E-state index in [1.54, 1.807) is 79.8 Å². The Labute approximate surface area is 269 Å². The third kappa shape index (κ3) is 7.96. The molecule has 0 aliphatic carbocycles. The van der Waals surface area contributed by atoms with Gasteiger partial charge in [0.15, 0.2) is 0 Å². The molecule has 46 heavy (non-hydrogen) atoms. The lowest BCUT2D eigenvalue weighted by Gasteiger charge is -2.24. The molecule has 0 radical (unpaired) electrons. The number of nitrogens with one attached hydrogen (secondary N) is 2. The Hall–Kier alpha value is -5.49. The number of benzene rings is 3. The Morgan fingerprint density at radius 1 is 0.891 bits per heavy atom. The predicted molar refractivity (Wildman–Crippen MR) is 177 cm³/mol. The van der Waals surface area contributed by atoms with E-state index >= 15 is 0 Å². The SMILES string of the molecule is CN(C(=O)OC(C)(C)C)c1ccc(-c2ccc(C(=O)C(Oc3ccc(N)cc3)Oc3ccc(Cc4sc(=O)[nH]c4O)cc3)[nH]2)cc1. The Morgan fingerprint density at radius 3 is 2.07 bits per heavy atom. The zero-order valence-corrected chi connectivity index (χ0v) is 26.5. The number of Topliss-reactive ketones (excluding diaryl/α,β-unsaturated/α-hetero) is 1. The standard InChI is InChI=1S/C34H34N4O7S/c1-34(2,3)45-33(42)38(4)23-11-7-21(8-12-23)26-17-18-27(36-26)29(39)31(44-25-15-9-22(35)10-16-25)43-24-13-5-20(6-14-24)19-28-30(40)37-32(41)46-28/h5-18,31,36,40H,19,35H2,1-4H3,(H,37,41). The monoisotopic (exact) mass is 642 g/mol. The number of rotatable bonds is 10. The number of hydrogen-bond acceptors (Lipinski definition) is 9. The van der Waals surface area contributed by atoms with Gasteiger partial charge in [-0.25, -0.2) is 4.79 Å². The Balaban J connectivity index is 1.32. The molecule has 0 saturated heterocycles. The van der Waals surface area contributed by atoms with Crippen LogP contribution in [0.1, 0.15) is 41.7 Å². The first kappa shape index (κ1) is 31.9. The zero-order chi connectivity index (χ0) is 33.0. The van der Waals surface area contributed by atoms with Crippen LogP contribution in [-0.4, -0.2) is 45.9 Å². The first-order chi connectivity index (χ1) is 21.8. The smallest absolute Gasteiger partial charge is 0.414 e. The van der Waals surface area contributed by atoms with E-state index < -0.39 is 23.8 Å². The fraction of sp³-hybridized carbons (Fsp3) is 0.206. The number of ether oxygens (including phenoxy) is 3. The summed E-state index contributed by atoms with van der Waals surface area (Å²) in [5.41, 5.74) is 8.97. The Kier molecular flexibility index (Phi) is 9.19. The van der Waals surface area contributed by atoms with Crippen molar-refractivity contribution in [3.8, 4) is 28.6 Å². The van der Waals surface area contributed by atoms with E-state index in [4.69, 9.17) is 19.9 Å². The number of aromatic amines is 2. The third-order valence-corrected chi connectivity index (χ3v) is 7.62. The number of carbonyl (C=O) groups excluding carboxylic acids is 2. The summed E-state index contributed by atoms with van der Waals surface area (Å²) in [6.45, 7) is 5.43. The number of nitrogens with zero attached hydrogens (tertiary/aromatic N) is 1. The first-order valence-corrected chi connectivity index (χ1v) is 15.2. The van der Waals surface area contributed by atoms with Gasteiger partial charge in [0.25, 0.3) is 5.78 Å². The van der Waals surface area contributed by atoms with Crippen molar-refractivity contribution < 1.29 is 28.9 Å². The number of carbonyl (C=O) groups is 2. The van der Waals surface area contributed by atoms with Crippen LogP contribution in [0, 0.1) is 0 Å². The minimum absolute atomic E-state index is 0.146. The third-order valence-electron chi connectivity index (χ3n) is 6.75. The van der Waals surface area contributed by atoms with Gasteiger partial charge in [-0.2, -0.15) is 0 Å². The summed E-state index contributed by atoms with van der Waals surface area (Å²) in [6, 6.07) is 24.2. The molecule has 3 aromatic carbocycles. The molecule has 2 heterocycles. The van der Waals surface area contributed by atoms with Gasteiger partial charge in [-0.05, 0) is 92.6 Å². The van der Waals surface area contributed by atoms with E-state index in [1.807, 2.05) is 32.9 Å². The molecule has 238 valence electrons. The van der Waals surface area contributed by atoms with Crippen LogP contribution in [0.25, 0.3) is 11.3 Å². The van der Waals surface area contributed by atoms with Crippen LogP contribution < -0.4 is 25.0 Å². The topological polar surface area (TPSA) is 160 Å². The number of nitrogens with two attached hydrogens (primary N) is 1. The molecule has 0 spiro atoms. The molecule has 0 saturated carbocycles. The van der Waals surface area contributed by atoms with Crippen molar-refractivity contribution in [2.24, 2.45) is 0 Å². The van der Waals surface area contributed by atoms with Gasteiger partial charge in [0.05, 0.1) is 10.6 Å². The first-order valence-electron chi connectivity index (χ1n) is 14.3. The summed E-state index contributed by atoms with van der Waals surface area (Å²) in [5, 5.41) is 9.90. The number of hydrogen-bond donors (Lipinski definition) is 4. The van der Waals surface area contributed by atoms with E-state index in [1.165, 1.54) is 4.90 Å². The fourth-order valence-electron chi connectivity index (χ4n) is 4.40. The molecule has 2 aromatic heterocycles. The Morgan fingerprint density at radius 2 is 1.50 bits per heavy atom. The summed E-state index contributed by atoms with van der Waals surface area (Å²) < 4.78 is 17.5. The van der Waals surface area contributed by atoms with Gasteiger partial charge >= 0.3 is 17.3 Å². The van der Waals surface area contributed by atoms with Crippen LogP contribution in [0.2, 0.25) is 0 Å². The molecule has 1 unspecified atom stereocenters. The van der Waals surface area contributed by atoms with Gasteiger partial charge in [0.2, 0.25) is 5.88 Å². The van der Waals surface area contributed by atoms with Crippen LogP contribution in [-0.2, 0) is 11.2 Å². The quantitative estimate of drug-likeness (QED) is 0.0779. The highest BCUT2D eigenvalue weighted by molar-refractivity contribution is 7.09. The molecule has 5 rings (SSSR count). The average Bonchev–Trinajstić information content (AvgIpc) is 3.63. The average molecular weight is 643 g/mol. The number of H-pyrrole nitrogens is 2. The van der Waals surface area contributed by atoms with Crippen LogP contribution >= 0.6 is 11.3 Å². The lowest BCUT2D eigenvalue weighted by atomic mass is 10.1. The van der Waals surface area contributed by atoms with E-state index in [0.717, 1.165) is 22.5 Å². The number of anilines is 2. The van der Waals surface area contributed by atoms with Crippen molar-refractivity contribution >= 4 is 34.6 Å². The molecule has 1 amide bonds. The van der Waals surface area contributed by atoms with Gasteiger partial charge < -0.3 is 30.0 Å². The summed E-state index contributed by atoms with van der Waals surface area (Å²) in [7, 11) is 1.64. The second kappa shape index (κ2) is 13.2. The molecule has 5 aromatic rings. The molecular formula is C34H34N4O7S. The van der Waals surface area contributed by atoms with Crippen molar-refractivity contribution in [2.45, 2.75) is 39.1 Å². The molecule has 0 aliphatic rings. The molecule has 1 atom stereocenters. The highest BCUT2D eigenvalue weighted by Gasteiger charge is 2.26. The van der Waals surface area contributed by atoms with E-state index in [0.29, 0.717) is 39.9 Å². The zero-order valence-electron chi connectivity index (χ0n) is 25.7. The summed E-state index contributed by atoms with van der Waals surface area (Å²) in [5.74, 6) is 0.168. The van der Waals surface area contributed by atoms with Crippen LogP contribution in [0.15, 0.2) is 89.7 Å². The van der Waals surface area contributed by atoms with Crippen molar-refractivity contribution in [1.82, 2.24) is 9.97 Å². The molecule has 0 bridgehead atoms. The number of amides is 1. The largest absolute Gasteiger partial charge is 0.494 e. The molecule has 12 heteroatoms. The fourth-order valence-corrected chi connectivity index (χ4v) is 5.16. The second-order valence-electron chi connectivity index (χ2n) is 11.5. The minimum atomic E-state index is -1.34. The normalized spacial score (nSPS) is 11.9. The van der Waals surface area contributed by atoms with E-state index in [-0.39, 0.29) is 16.4 Å². The van der Waals surface area contributed by atoms with Gasteiger partial charge in [0.1, 0.15) is 17.1 Å². The number of ketones is 1. The molecular weight excluding hydrogens is 608 g/mol. The van der Waals surface area contributed by atoms with E-state index in [9.17, 15) is 19.5 Å². The van der Waals surface area contributed by atoms with Gasteiger partial charge in [0, 0.05) is 30.5 Å². The number of aromatic nitrogens is 2. The lowest BCUT2D eigenvalue weighted by Crippen LogP contribution is -2.34. The van der Waals surface area contributed by atoms with Crippen molar-refractivity contribution in [2.75, 3.05) is 17.7 Å². The molecule has 5 N–H and O–H groups in total. The van der Waals surface area contributed by atoms with E-state index in [2.05, 4.69) is 9.97 Å². The highest BCUT2D eigenvalue weighted by atomic mass is 32.1. The maximum atomic E-state index is 13.7. The van der Waals surface area contributed by atoms with Crippen molar-refractivity contribution in [1.29, 1.82) is 0 Å². The van der Waals surface area contributed by atoms with Crippen LogP contribution in [0.4, 0.5) is 16.2 Å². The number of nitrogen functional groups attached to an aromatic ring is 1. The molecule has 0 fully saturated rings. The van der Waals surface area contributed by atoms with Crippen LogP contribution in [0.3, 0.4) is 0 Å². The highest BCUT2D eigenvalue weighted by Crippen LogP contribution is 2.26. The van der Waals surface area contributed by atoms with Gasteiger partial charge in [-0.1, -0.05) is 35.6 Å². The van der Waals surface area contributed by atoms with Crippen molar-refractivity contribution in [3.05, 3.63) is 111 Å². The molecule has 11 nitrogen and oxygen atoms in total. The summed E-state index contributed by atoms with van der Waals surface area (Å²) in [6.07, 6.45) is -1.46. The summed E-state index contributed by atoms with van der Waals surface area (Å²) >= 11 is 0.943. The van der Waals surface area contributed by atoms with Crippen LogP contribution in [0.5, 0.6) is 17.4 Å².